The summed E-state index contributed by atoms with van der Waals surface area (Å²) in [5.74, 6) is -0.228. The molecule has 0 fully saturated rings. The average molecular weight is 260 g/mol. The van der Waals surface area contributed by atoms with Gasteiger partial charge in [-0.2, -0.15) is 13.2 Å². The lowest BCUT2D eigenvalue weighted by molar-refractivity contribution is -0.127. The molecule has 0 aliphatic heterocycles. The lowest BCUT2D eigenvalue weighted by Crippen LogP contribution is -2.19. The van der Waals surface area contributed by atoms with Crippen molar-refractivity contribution in [3.8, 4) is 0 Å². The van der Waals surface area contributed by atoms with Crippen LogP contribution in [0.15, 0.2) is 24.3 Å². The lowest BCUT2D eigenvalue weighted by Gasteiger charge is -2.09. The third-order valence-electron chi connectivity index (χ3n) is 2.22. The van der Waals surface area contributed by atoms with E-state index in [1.807, 2.05) is 0 Å². The predicted molar refractivity (Wildman–Crippen MR) is 63.4 cm³/mol. The number of nitrogens with one attached hydrogen (secondary N) is 2. The molecule has 18 heavy (non-hydrogen) atoms. The Morgan fingerprint density at radius 1 is 1.33 bits per heavy atom. The molecule has 0 saturated heterocycles. The van der Waals surface area contributed by atoms with E-state index < -0.39 is 12.6 Å². The molecule has 0 aromatic heterocycles. The maximum absolute atomic E-state index is 12.2. The van der Waals surface area contributed by atoms with Gasteiger partial charge in [-0.3, -0.25) is 4.79 Å². The number of hydrogen-bond acceptors (Lipinski definition) is 2. The number of benzene rings is 1. The maximum atomic E-state index is 12.2. The minimum Gasteiger partial charge on any atom is -0.326 e. The van der Waals surface area contributed by atoms with Gasteiger partial charge in [0.05, 0.1) is 6.42 Å². The van der Waals surface area contributed by atoms with Crippen molar-refractivity contribution in [2.75, 3.05) is 18.9 Å². The highest BCUT2D eigenvalue weighted by Gasteiger charge is 2.27. The number of amides is 1. The standard InChI is InChI=1S/C12H15F3N2O/c1-16-6-5-11(18)17-10-4-2-3-9(7-10)8-12(13,14)15/h2-4,7,16H,5-6,8H2,1H3,(H,17,18). The van der Waals surface area contributed by atoms with Crippen molar-refractivity contribution in [2.45, 2.75) is 19.0 Å². The molecular formula is C12H15F3N2O. The highest BCUT2D eigenvalue weighted by Crippen LogP contribution is 2.22. The van der Waals surface area contributed by atoms with Gasteiger partial charge in [-0.1, -0.05) is 12.1 Å². The van der Waals surface area contributed by atoms with Crippen LogP contribution in [0.1, 0.15) is 12.0 Å². The van der Waals surface area contributed by atoms with Crippen LogP contribution in [0.4, 0.5) is 18.9 Å². The van der Waals surface area contributed by atoms with Crippen LogP contribution in [0.25, 0.3) is 0 Å². The molecule has 0 saturated carbocycles. The second kappa shape index (κ2) is 6.39. The van der Waals surface area contributed by atoms with E-state index in [-0.39, 0.29) is 17.9 Å². The first-order chi connectivity index (χ1) is 8.40. The molecule has 2 N–H and O–H groups in total. The highest BCUT2D eigenvalue weighted by atomic mass is 19.4. The molecule has 1 rings (SSSR count). The topological polar surface area (TPSA) is 41.1 Å². The van der Waals surface area contributed by atoms with E-state index in [1.54, 1.807) is 13.1 Å². The van der Waals surface area contributed by atoms with E-state index in [1.165, 1.54) is 18.2 Å². The van der Waals surface area contributed by atoms with Gasteiger partial charge >= 0.3 is 6.18 Å². The van der Waals surface area contributed by atoms with Crippen molar-refractivity contribution in [2.24, 2.45) is 0 Å². The van der Waals surface area contributed by atoms with Gasteiger partial charge in [-0.15, -0.1) is 0 Å². The van der Waals surface area contributed by atoms with Crippen LogP contribution in [0, 0.1) is 0 Å². The largest absolute Gasteiger partial charge is 0.393 e. The Morgan fingerprint density at radius 2 is 2.06 bits per heavy atom. The molecule has 0 aliphatic rings. The molecule has 0 aliphatic carbocycles. The summed E-state index contributed by atoms with van der Waals surface area (Å²) < 4.78 is 36.6. The summed E-state index contributed by atoms with van der Waals surface area (Å²) in [6.07, 6.45) is -4.96. The van der Waals surface area contributed by atoms with Crippen LogP contribution in [-0.4, -0.2) is 25.7 Å². The Labute approximate surface area is 103 Å². The van der Waals surface area contributed by atoms with Crippen molar-refractivity contribution < 1.29 is 18.0 Å². The number of hydrogen-bond donors (Lipinski definition) is 2. The smallest absolute Gasteiger partial charge is 0.326 e. The molecule has 0 radical (unpaired) electrons. The second-order valence-corrected chi connectivity index (χ2v) is 3.89. The van der Waals surface area contributed by atoms with Crippen LogP contribution in [-0.2, 0) is 11.2 Å². The van der Waals surface area contributed by atoms with Crippen molar-refractivity contribution in [1.82, 2.24) is 5.32 Å². The highest BCUT2D eigenvalue weighted by molar-refractivity contribution is 5.90. The molecular weight excluding hydrogens is 245 g/mol. The van der Waals surface area contributed by atoms with E-state index in [2.05, 4.69) is 10.6 Å². The monoisotopic (exact) mass is 260 g/mol. The molecule has 0 atom stereocenters. The SMILES string of the molecule is CNCCC(=O)Nc1cccc(CC(F)(F)F)c1. The summed E-state index contributed by atoms with van der Waals surface area (Å²) in [6.45, 7) is 0.522. The van der Waals surface area contributed by atoms with Gasteiger partial charge in [0.2, 0.25) is 5.91 Å². The number of carbonyl (C=O) groups excluding carboxylic acids is 1. The summed E-state index contributed by atoms with van der Waals surface area (Å²) in [5.41, 5.74) is 0.520. The first kappa shape index (κ1) is 14.5. The predicted octanol–water partition coefficient (Wildman–Crippen LogP) is 2.34. The first-order valence-corrected chi connectivity index (χ1v) is 5.51. The number of alkyl halides is 3. The van der Waals surface area contributed by atoms with Gasteiger partial charge < -0.3 is 10.6 Å². The van der Waals surface area contributed by atoms with E-state index in [4.69, 9.17) is 0 Å². The van der Waals surface area contributed by atoms with E-state index in [9.17, 15) is 18.0 Å². The van der Waals surface area contributed by atoms with Crippen LogP contribution in [0.2, 0.25) is 0 Å². The van der Waals surface area contributed by atoms with Crippen molar-refractivity contribution in [3.05, 3.63) is 29.8 Å². The summed E-state index contributed by atoms with van der Waals surface area (Å²) in [7, 11) is 1.72. The van der Waals surface area contributed by atoms with Gasteiger partial charge in [0.1, 0.15) is 0 Å². The zero-order chi connectivity index (χ0) is 13.6. The average Bonchev–Trinajstić information content (AvgIpc) is 2.24. The molecule has 3 nitrogen and oxygen atoms in total. The fraction of sp³-hybridized carbons (Fsp3) is 0.417. The summed E-state index contributed by atoms with van der Waals surface area (Å²) in [6, 6.07) is 5.79. The minimum absolute atomic E-state index is 0.133. The molecule has 6 heteroatoms. The van der Waals surface area contributed by atoms with E-state index in [0.717, 1.165) is 0 Å². The number of carbonyl (C=O) groups is 1. The van der Waals surface area contributed by atoms with Crippen molar-refractivity contribution in [1.29, 1.82) is 0 Å². The van der Waals surface area contributed by atoms with Crippen LogP contribution < -0.4 is 10.6 Å². The molecule has 100 valence electrons. The van der Waals surface area contributed by atoms with E-state index in [0.29, 0.717) is 12.2 Å². The zero-order valence-corrected chi connectivity index (χ0v) is 9.97. The second-order valence-electron chi connectivity index (χ2n) is 3.89. The Morgan fingerprint density at radius 3 is 2.67 bits per heavy atom. The van der Waals surface area contributed by atoms with Crippen molar-refractivity contribution >= 4 is 11.6 Å². The molecule has 0 bridgehead atoms. The number of anilines is 1. The van der Waals surface area contributed by atoms with Crippen molar-refractivity contribution in [3.63, 3.8) is 0 Å². The fourth-order valence-electron chi connectivity index (χ4n) is 1.45. The zero-order valence-electron chi connectivity index (χ0n) is 9.97. The third-order valence-corrected chi connectivity index (χ3v) is 2.22. The summed E-state index contributed by atoms with van der Waals surface area (Å²) >= 11 is 0. The lowest BCUT2D eigenvalue weighted by atomic mass is 10.1. The summed E-state index contributed by atoms with van der Waals surface area (Å²) in [4.78, 5) is 11.4. The molecule has 1 amide bonds. The normalized spacial score (nSPS) is 11.3. The first-order valence-electron chi connectivity index (χ1n) is 5.51. The quantitative estimate of drug-likeness (QED) is 0.853. The molecule has 0 heterocycles. The molecule has 0 spiro atoms. The maximum Gasteiger partial charge on any atom is 0.393 e. The van der Waals surface area contributed by atoms with Crippen LogP contribution in [0.3, 0.4) is 0 Å². The Hall–Kier alpha value is -1.56. The minimum atomic E-state index is -4.24. The van der Waals surface area contributed by atoms with Gasteiger partial charge in [-0.25, -0.2) is 0 Å². The fourth-order valence-corrected chi connectivity index (χ4v) is 1.45. The molecule has 1 aromatic carbocycles. The van der Waals surface area contributed by atoms with Gasteiger partial charge in [-0.05, 0) is 24.7 Å². The Bertz CT molecular complexity index is 405. The number of halogens is 3. The van der Waals surface area contributed by atoms with Crippen LogP contribution in [0.5, 0.6) is 0 Å². The van der Waals surface area contributed by atoms with Gasteiger partial charge in [0.25, 0.3) is 0 Å². The van der Waals surface area contributed by atoms with Crippen LogP contribution >= 0.6 is 0 Å². The molecule has 0 unspecified atom stereocenters. The number of rotatable bonds is 5. The van der Waals surface area contributed by atoms with Gasteiger partial charge in [0.15, 0.2) is 0 Å². The Kier molecular flexibility index (Phi) is 5.15. The third kappa shape index (κ3) is 5.67. The summed E-state index contributed by atoms with van der Waals surface area (Å²) in [5, 5.41) is 5.37. The van der Waals surface area contributed by atoms with E-state index >= 15 is 0 Å². The van der Waals surface area contributed by atoms with Gasteiger partial charge in [0, 0.05) is 18.7 Å². The Balaban J connectivity index is 2.62. The molecule has 1 aromatic rings.